The van der Waals surface area contributed by atoms with Crippen LogP contribution in [-0.2, 0) is 0 Å². The number of hydrogen-bond acceptors (Lipinski definition) is 2. The maximum absolute atomic E-state index is 6.04. The average molecular weight is 246 g/mol. The van der Waals surface area contributed by atoms with Crippen LogP contribution >= 0.6 is 0 Å². The summed E-state index contributed by atoms with van der Waals surface area (Å²) in [7, 11) is 0. The number of aromatic nitrogens is 1. The molecule has 1 heterocycles. The molecule has 3 rings (SSSR count). The third-order valence-electron chi connectivity index (χ3n) is 3.02. The summed E-state index contributed by atoms with van der Waals surface area (Å²) < 4.78 is 0. The van der Waals surface area contributed by atoms with Crippen LogP contribution in [0.5, 0.6) is 0 Å². The van der Waals surface area contributed by atoms with Gasteiger partial charge in [0.15, 0.2) is 0 Å². The van der Waals surface area contributed by atoms with Crippen molar-refractivity contribution < 1.29 is 0 Å². The molecule has 3 aromatic rings. The summed E-state index contributed by atoms with van der Waals surface area (Å²) in [6.07, 6.45) is 3.98. The van der Waals surface area contributed by atoms with Crippen LogP contribution in [0.3, 0.4) is 0 Å². The van der Waals surface area contributed by atoms with Crippen LogP contribution in [0.15, 0.2) is 60.7 Å². The van der Waals surface area contributed by atoms with E-state index in [0.717, 1.165) is 22.2 Å². The molecule has 0 aliphatic rings. The lowest BCUT2D eigenvalue weighted by Gasteiger charge is -2.03. The number of fused-ring (bicyclic) bond motifs is 1. The van der Waals surface area contributed by atoms with Gasteiger partial charge in [-0.3, -0.25) is 0 Å². The van der Waals surface area contributed by atoms with Crippen LogP contribution < -0.4 is 5.73 Å². The summed E-state index contributed by atoms with van der Waals surface area (Å²) in [4.78, 5) is 4.58. The largest absolute Gasteiger partial charge is 0.397 e. The Morgan fingerprint density at radius 2 is 1.58 bits per heavy atom. The van der Waals surface area contributed by atoms with Crippen LogP contribution in [0.4, 0.5) is 5.69 Å². The number of pyridine rings is 1. The third kappa shape index (κ3) is 2.47. The van der Waals surface area contributed by atoms with Crippen molar-refractivity contribution in [1.82, 2.24) is 4.98 Å². The zero-order chi connectivity index (χ0) is 13.1. The number of nitrogens with zero attached hydrogens (tertiary/aromatic N) is 1. The van der Waals surface area contributed by atoms with E-state index in [4.69, 9.17) is 5.73 Å². The first-order chi connectivity index (χ1) is 9.33. The van der Waals surface area contributed by atoms with Gasteiger partial charge < -0.3 is 5.73 Å². The van der Waals surface area contributed by atoms with Crippen LogP contribution in [0, 0.1) is 0 Å². The maximum atomic E-state index is 6.04. The first-order valence-electron chi connectivity index (χ1n) is 6.21. The molecular formula is C17H14N2. The molecule has 0 saturated carbocycles. The molecule has 0 fully saturated rings. The van der Waals surface area contributed by atoms with Crippen molar-refractivity contribution in [3.8, 4) is 0 Å². The molecule has 0 amide bonds. The molecule has 2 heteroatoms. The quantitative estimate of drug-likeness (QED) is 0.742. The fourth-order valence-corrected chi connectivity index (χ4v) is 2.02. The third-order valence-corrected chi connectivity index (χ3v) is 3.02. The zero-order valence-corrected chi connectivity index (χ0v) is 10.5. The molecule has 0 unspecified atom stereocenters. The smallest absolute Gasteiger partial charge is 0.0866 e. The number of benzene rings is 2. The number of hydrogen-bond donors (Lipinski definition) is 1. The Morgan fingerprint density at radius 3 is 2.42 bits per heavy atom. The van der Waals surface area contributed by atoms with Gasteiger partial charge >= 0.3 is 0 Å². The number of para-hydroxylation sites is 1. The minimum absolute atomic E-state index is 0.700. The molecule has 19 heavy (non-hydrogen) atoms. The lowest BCUT2D eigenvalue weighted by molar-refractivity contribution is 1.37. The van der Waals surface area contributed by atoms with E-state index in [-0.39, 0.29) is 0 Å². The predicted octanol–water partition coefficient (Wildman–Crippen LogP) is 3.99. The van der Waals surface area contributed by atoms with Gasteiger partial charge in [-0.05, 0) is 23.8 Å². The Kier molecular flexibility index (Phi) is 2.99. The lowest BCUT2D eigenvalue weighted by Crippen LogP contribution is -1.93. The minimum Gasteiger partial charge on any atom is -0.397 e. The van der Waals surface area contributed by atoms with Crippen molar-refractivity contribution in [3.05, 3.63) is 71.9 Å². The lowest BCUT2D eigenvalue weighted by atomic mass is 10.1. The van der Waals surface area contributed by atoms with E-state index in [9.17, 15) is 0 Å². The van der Waals surface area contributed by atoms with E-state index in [1.165, 1.54) is 0 Å². The number of nitrogen functional groups attached to an aromatic ring is 1. The van der Waals surface area contributed by atoms with Crippen molar-refractivity contribution in [2.75, 3.05) is 5.73 Å². The summed E-state index contributed by atoms with van der Waals surface area (Å²) in [5.74, 6) is 0. The summed E-state index contributed by atoms with van der Waals surface area (Å²) in [6, 6.07) is 20.1. The van der Waals surface area contributed by atoms with Crippen LogP contribution in [-0.4, -0.2) is 4.98 Å². The Morgan fingerprint density at radius 1 is 0.842 bits per heavy atom. The van der Waals surface area contributed by atoms with Gasteiger partial charge in [0.05, 0.1) is 16.9 Å². The van der Waals surface area contributed by atoms with Crippen molar-refractivity contribution in [2.24, 2.45) is 0 Å². The molecule has 0 spiro atoms. The van der Waals surface area contributed by atoms with E-state index in [0.29, 0.717) is 5.69 Å². The van der Waals surface area contributed by atoms with Gasteiger partial charge in [-0.15, -0.1) is 0 Å². The average Bonchev–Trinajstić information content (AvgIpc) is 2.46. The minimum atomic E-state index is 0.700. The second-order valence-corrected chi connectivity index (χ2v) is 4.40. The standard InChI is InChI=1S/C17H14N2/c18-15-12-14-8-4-5-9-16(14)19-17(15)11-10-13-6-2-1-3-7-13/h1-12H,18H2. The summed E-state index contributed by atoms with van der Waals surface area (Å²) >= 11 is 0. The fourth-order valence-electron chi connectivity index (χ4n) is 2.02. The highest BCUT2D eigenvalue weighted by Gasteiger charge is 2.00. The molecule has 92 valence electrons. The van der Waals surface area contributed by atoms with Crippen molar-refractivity contribution in [3.63, 3.8) is 0 Å². The molecule has 0 saturated heterocycles. The first kappa shape index (κ1) is 11.5. The normalized spacial score (nSPS) is 11.2. The van der Waals surface area contributed by atoms with E-state index in [1.807, 2.05) is 72.8 Å². The molecule has 0 aliphatic carbocycles. The Bertz CT molecular complexity index is 731. The van der Waals surface area contributed by atoms with Gasteiger partial charge in [-0.25, -0.2) is 4.98 Å². The van der Waals surface area contributed by atoms with Crippen molar-refractivity contribution in [2.45, 2.75) is 0 Å². The van der Waals surface area contributed by atoms with Gasteiger partial charge in [0.2, 0.25) is 0 Å². The number of rotatable bonds is 2. The first-order valence-corrected chi connectivity index (χ1v) is 6.21. The van der Waals surface area contributed by atoms with Crippen LogP contribution in [0.25, 0.3) is 23.1 Å². The van der Waals surface area contributed by atoms with Gasteiger partial charge in [0.1, 0.15) is 0 Å². The van der Waals surface area contributed by atoms with Crippen molar-refractivity contribution in [1.29, 1.82) is 0 Å². The van der Waals surface area contributed by atoms with Crippen LogP contribution in [0.1, 0.15) is 11.3 Å². The van der Waals surface area contributed by atoms with E-state index in [1.54, 1.807) is 0 Å². The molecule has 2 nitrogen and oxygen atoms in total. The maximum Gasteiger partial charge on any atom is 0.0866 e. The highest BCUT2D eigenvalue weighted by Crippen LogP contribution is 2.20. The molecule has 0 bridgehead atoms. The van der Waals surface area contributed by atoms with E-state index >= 15 is 0 Å². The molecule has 2 N–H and O–H groups in total. The summed E-state index contributed by atoms with van der Waals surface area (Å²) in [6.45, 7) is 0. The zero-order valence-electron chi connectivity index (χ0n) is 10.5. The van der Waals surface area contributed by atoms with Gasteiger partial charge in [0.25, 0.3) is 0 Å². The predicted molar refractivity (Wildman–Crippen MR) is 81.5 cm³/mol. The van der Waals surface area contributed by atoms with Gasteiger partial charge in [-0.2, -0.15) is 0 Å². The summed E-state index contributed by atoms with van der Waals surface area (Å²) in [5, 5.41) is 1.07. The molecule has 0 radical (unpaired) electrons. The second-order valence-electron chi connectivity index (χ2n) is 4.40. The summed E-state index contributed by atoms with van der Waals surface area (Å²) in [5.41, 5.74) is 9.64. The molecule has 0 atom stereocenters. The molecular weight excluding hydrogens is 232 g/mol. The van der Waals surface area contributed by atoms with Crippen molar-refractivity contribution >= 4 is 28.7 Å². The Balaban J connectivity index is 2.01. The van der Waals surface area contributed by atoms with Gasteiger partial charge in [0, 0.05) is 5.39 Å². The van der Waals surface area contributed by atoms with E-state index < -0.39 is 0 Å². The SMILES string of the molecule is Nc1cc2ccccc2nc1C=Cc1ccccc1. The Hall–Kier alpha value is -2.61. The van der Waals surface area contributed by atoms with Gasteiger partial charge in [-0.1, -0.05) is 54.6 Å². The monoisotopic (exact) mass is 246 g/mol. The highest BCUT2D eigenvalue weighted by molar-refractivity contribution is 5.86. The highest BCUT2D eigenvalue weighted by atomic mass is 14.7. The topological polar surface area (TPSA) is 38.9 Å². The molecule has 0 aliphatic heterocycles. The number of nitrogens with two attached hydrogens (primary N) is 1. The molecule has 2 aromatic carbocycles. The fraction of sp³-hybridized carbons (Fsp3) is 0. The number of anilines is 1. The van der Waals surface area contributed by atoms with E-state index in [2.05, 4.69) is 4.98 Å². The molecule has 1 aromatic heterocycles. The second kappa shape index (κ2) is 4.94. The van der Waals surface area contributed by atoms with Crippen LogP contribution in [0.2, 0.25) is 0 Å². The Labute approximate surface area is 112 Å².